The smallest absolute Gasteiger partial charge is 0.433 e. The number of esters is 1. The molecule has 0 atom stereocenters. The molecular formula is C11H10F5NO3. The highest BCUT2D eigenvalue weighted by Crippen LogP contribution is 2.41. The van der Waals surface area contributed by atoms with E-state index in [0.29, 0.717) is 6.20 Å². The van der Waals surface area contributed by atoms with Crippen molar-refractivity contribution < 1.29 is 36.2 Å². The summed E-state index contributed by atoms with van der Waals surface area (Å²) in [5, 5.41) is 0. The first-order valence-electron chi connectivity index (χ1n) is 5.33. The lowest BCUT2D eigenvalue weighted by Crippen LogP contribution is -2.17. The largest absolute Gasteiger partial charge is 0.495 e. The van der Waals surface area contributed by atoms with Crippen LogP contribution in [-0.4, -0.2) is 24.7 Å². The quantitative estimate of drug-likeness (QED) is 0.632. The van der Waals surface area contributed by atoms with Crippen LogP contribution >= 0.6 is 0 Å². The number of nitrogens with zero attached hydrogens (tertiary/aromatic N) is 1. The molecule has 0 unspecified atom stereocenters. The van der Waals surface area contributed by atoms with Crippen molar-refractivity contribution in [1.82, 2.24) is 4.98 Å². The van der Waals surface area contributed by atoms with Gasteiger partial charge in [0.05, 0.1) is 19.3 Å². The SMILES string of the molecule is CCOC(=O)c1cnc(C(F)(F)F)c(C(F)F)c1OC. The number of aromatic nitrogens is 1. The Morgan fingerprint density at radius 2 is 2.00 bits per heavy atom. The summed E-state index contributed by atoms with van der Waals surface area (Å²) in [6.07, 6.45) is -8.10. The summed E-state index contributed by atoms with van der Waals surface area (Å²) < 4.78 is 72.7. The lowest BCUT2D eigenvalue weighted by molar-refractivity contribution is -0.143. The van der Waals surface area contributed by atoms with Crippen LogP contribution in [0.3, 0.4) is 0 Å². The van der Waals surface area contributed by atoms with Gasteiger partial charge in [-0.3, -0.25) is 4.98 Å². The van der Waals surface area contributed by atoms with Gasteiger partial charge in [0, 0.05) is 6.20 Å². The molecule has 0 aliphatic rings. The van der Waals surface area contributed by atoms with Gasteiger partial charge in [-0.2, -0.15) is 13.2 Å². The van der Waals surface area contributed by atoms with Crippen molar-refractivity contribution in [2.24, 2.45) is 0 Å². The fourth-order valence-corrected chi connectivity index (χ4v) is 1.51. The van der Waals surface area contributed by atoms with Crippen LogP contribution < -0.4 is 4.74 Å². The second-order valence-electron chi connectivity index (χ2n) is 3.49. The summed E-state index contributed by atoms with van der Waals surface area (Å²) in [5.74, 6) is -1.98. The van der Waals surface area contributed by atoms with Crippen molar-refractivity contribution in [1.29, 1.82) is 0 Å². The van der Waals surface area contributed by atoms with Crippen LogP contribution in [0.25, 0.3) is 0 Å². The fourth-order valence-electron chi connectivity index (χ4n) is 1.51. The molecule has 0 radical (unpaired) electrons. The van der Waals surface area contributed by atoms with E-state index in [4.69, 9.17) is 0 Å². The number of hydrogen-bond acceptors (Lipinski definition) is 4. The summed E-state index contributed by atoms with van der Waals surface area (Å²) in [7, 11) is 0.879. The third-order valence-electron chi connectivity index (χ3n) is 2.25. The Bertz CT molecular complexity index is 502. The third-order valence-corrected chi connectivity index (χ3v) is 2.25. The van der Waals surface area contributed by atoms with Crippen LogP contribution in [0.5, 0.6) is 5.75 Å². The third kappa shape index (κ3) is 3.14. The van der Waals surface area contributed by atoms with Crippen molar-refractivity contribution in [2.75, 3.05) is 13.7 Å². The molecule has 0 fully saturated rings. The molecule has 9 heteroatoms. The summed E-state index contributed by atoms with van der Waals surface area (Å²) in [6, 6.07) is 0. The van der Waals surface area contributed by atoms with E-state index in [1.807, 2.05) is 0 Å². The number of hydrogen-bond donors (Lipinski definition) is 0. The Balaban J connectivity index is 3.54. The molecule has 112 valence electrons. The second-order valence-corrected chi connectivity index (χ2v) is 3.49. The van der Waals surface area contributed by atoms with Crippen molar-refractivity contribution in [3.05, 3.63) is 23.0 Å². The topological polar surface area (TPSA) is 48.4 Å². The minimum absolute atomic E-state index is 0.0764. The van der Waals surface area contributed by atoms with Gasteiger partial charge < -0.3 is 9.47 Å². The number of alkyl halides is 5. The number of pyridine rings is 1. The van der Waals surface area contributed by atoms with E-state index >= 15 is 0 Å². The monoisotopic (exact) mass is 299 g/mol. The first kappa shape index (κ1) is 16.1. The molecule has 0 N–H and O–H groups in total. The first-order valence-corrected chi connectivity index (χ1v) is 5.33. The molecule has 1 aromatic heterocycles. The van der Waals surface area contributed by atoms with E-state index < -0.39 is 41.1 Å². The molecule has 0 aromatic carbocycles. The lowest BCUT2D eigenvalue weighted by Gasteiger charge is -2.17. The average Bonchev–Trinajstić information content (AvgIpc) is 2.35. The van der Waals surface area contributed by atoms with E-state index in [0.717, 1.165) is 7.11 Å². The Labute approximate surface area is 110 Å². The summed E-state index contributed by atoms with van der Waals surface area (Å²) in [6.45, 7) is 1.38. The second kappa shape index (κ2) is 6.02. The molecule has 0 aliphatic carbocycles. The standard InChI is InChI=1S/C11H10F5NO3/c1-3-20-10(18)5-4-17-8(11(14,15)16)6(9(12)13)7(5)19-2/h4,9H,3H2,1-2H3. The Hall–Kier alpha value is -1.93. The van der Waals surface area contributed by atoms with Gasteiger partial charge in [-0.05, 0) is 6.92 Å². The van der Waals surface area contributed by atoms with Crippen LogP contribution in [0.15, 0.2) is 6.20 Å². The maximum Gasteiger partial charge on any atom is 0.433 e. The highest BCUT2D eigenvalue weighted by Gasteiger charge is 2.41. The number of carbonyl (C=O) groups excluding carboxylic acids is 1. The minimum Gasteiger partial charge on any atom is -0.495 e. The molecule has 0 spiro atoms. The molecule has 0 amide bonds. The maximum absolute atomic E-state index is 12.9. The van der Waals surface area contributed by atoms with E-state index in [-0.39, 0.29) is 6.61 Å². The molecule has 0 saturated carbocycles. The Kier molecular flexibility index (Phi) is 4.85. The number of rotatable bonds is 4. The molecule has 0 aliphatic heterocycles. The molecule has 1 heterocycles. The van der Waals surface area contributed by atoms with E-state index in [1.165, 1.54) is 6.92 Å². The van der Waals surface area contributed by atoms with Gasteiger partial charge in [0.15, 0.2) is 5.69 Å². The Morgan fingerprint density at radius 1 is 1.40 bits per heavy atom. The molecular weight excluding hydrogens is 289 g/mol. The summed E-state index contributed by atoms with van der Waals surface area (Å²) in [5.41, 5.74) is -3.86. The van der Waals surface area contributed by atoms with Gasteiger partial charge >= 0.3 is 12.1 Å². The van der Waals surface area contributed by atoms with Crippen LogP contribution in [0.1, 0.15) is 35.0 Å². The highest BCUT2D eigenvalue weighted by molar-refractivity contribution is 5.92. The van der Waals surface area contributed by atoms with Gasteiger partial charge in [0.2, 0.25) is 0 Å². The normalized spacial score (nSPS) is 11.6. The zero-order valence-corrected chi connectivity index (χ0v) is 10.4. The zero-order chi connectivity index (χ0) is 15.5. The lowest BCUT2D eigenvalue weighted by atomic mass is 10.1. The van der Waals surface area contributed by atoms with Gasteiger partial charge in [0.25, 0.3) is 6.43 Å². The van der Waals surface area contributed by atoms with E-state index in [1.54, 1.807) is 0 Å². The number of ether oxygens (including phenoxy) is 2. The van der Waals surface area contributed by atoms with Crippen molar-refractivity contribution in [3.63, 3.8) is 0 Å². The first-order chi connectivity index (χ1) is 9.23. The zero-order valence-electron chi connectivity index (χ0n) is 10.4. The summed E-state index contributed by atoms with van der Waals surface area (Å²) >= 11 is 0. The van der Waals surface area contributed by atoms with Crippen molar-refractivity contribution in [2.45, 2.75) is 19.5 Å². The van der Waals surface area contributed by atoms with Gasteiger partial charge in [0.1, 0.15) is 11.3 Å². The highest BCUT2D eigenvalue weighted by atomic mass is 19.4. The number of methoxy groups -OCH3 is 1. The number of halogens is 5. The molecule has 1 rings (SSSR count). The van der Waals surface area contributed by atoms with Gasteiger partial charge in [-0.25, -0.2) is 13.6 Å². The van der Waals surface area contributed by atoms with Crippen LogP contribution in [0.2, 0.25) is 0 Å². The van der Waals surface area contributed by atoms with E-state index in [2.05, 4.69) is 14.5 Å². The van der Waals surface area contributed by atoms with Crippen molar-refractivity contribution in [3.8, 4) is 5.75 Å². The molecule has 20 heavy (non-hydrogen) atoms. The minimum atomic E-state index is -5.09. The fraction of sp³-hybridized carbons (Fsp3) is 0.455. The maximum atomic E-state index is 12.9. The van der Waals surface area contributed by atoms with Gasteiger partial charge in [-0.15, -0.1) is 0 Å². The predicted molar refractivity (Wildman–Crippen MR) is 56.7 cm³/mol. The van der Waals surface area contributed by atoms with E-state index in [9.17, 15) is 26.7 Å². The van der Waals surface area contributed by atoms with Crippen LogP contribution in [-0.2, 0) is 10.9 Å². The van der Waals surface area contributed by atoms with Crippen LogP contribution in [0.4, 0.5) is 22.0 Å². The molecule has 0 bridgehead atoms. The predicted octanol–water partition coefficient (Wildman–Crippen LogP) is 3.22. The van der Waals surface area contributed by atoms with Gasteiger partial charge in [-0.1, -0.05) is 0 Å². The Morgan fingerprint density at radius 3 is 2.40 bits per heavy atom. The van der Waals surface area contributed by atoms with Crippen LogP contribution in [0, 0.1) is 0 Å². The average molecular weight is 299 g/mol. The van der Waals surface area contributed by atoms with Crippen molar-refractivity contribution >= 4 is 5.97 Å². The number of carbonyl (C=O) groups is 1. The molecule has 4 nitrogen and oxygen atoms in total. The summed E-state index contributed by atoms with van der Waals surface area (Å²) in [4.78, 5) is 14.4. The molecule has 0 saturated heterocycles. The molecule has 1 aromatic rings.